The number of carbonyl (C=O) groups excluding carboxylic acids is 3. The average Bonchev–Trinajstić information content (AvgIpc) is 2.95. The van der Waals surface area contributed by atoms with Gasteiger partial charge in [0.1, 0.15) is 17.7 Å². The Morgan fingerprint density at radius 1 is 1.33 bits per heavy atom. The van der Waals surface area contributed by atoms with E-state index in [0.717, 1.165) is 11.8 Å². The fourth-order valence-corrected chi connectivity index (χ4v) is 3.79. The van der Waals surface area contributed by atoms with E-state index in [0.29, 0.717) is 25.7 Å². The molecule has 0 spiro atoms. The fraction of sp³-hybridized carbons (Fsp3) is 0.579. The second-order valence-corrected chi connectivity index (χ2v) is 7.66. The summed E-state index contributed by atoms with van der Waals surface area (Å²) in [7, 11) is 0. The van der Waals surface area contributed by atoms with E-state index in [1.807, 2.05) is 0 Å². The molecule has 30 heavy (non-hydrogen) atoms. The molecule has 0 radical (unpaired) electrons. The van der Waals surface area contributed by atoms with Gasteiger partial charge in [0.05, 0.1) is 5.92 Å². The standard InChI is InChI=1S/C19H23F3N4O4/c1-10(19(20,21)22)9-14-17(28)26(18(29)25-14)11-4-6-12(7-5-11)30-16-13(15(23)27)3-2-8-24-16/h2-3,8,10-12,14H,4-7,9H2,1H3,(H2,23,27)(H,25,29)/t10-,11-,12-,14+/m1/s1. The highest BCUT2D eigenvalue weighted by Gasteiger charge is 2.46. The number of pyridine rings is 1. The molecule has 1 aliphatic heterocycles. The quantitative estimate of drug-likeness (QED) is 0.675. The monoisotopic (exact) mass is 428 g/mol. The van der Waals surface area contributed by atoms with Gasteiger partial charge < -0.3 is 15.8 Å². The van der Waals surface area contributed by atoms with Crippen molar-refractivity contribution in [2.45, 2.75) is 63.4 Å². The normalized spacial score (nSPS) is 25.7. The molecule has 2 heterocycles. The predicted molar refractivity (Wildman–Crippen MR) is 98.4 cm³/mol. The molecule has 2 aliphatic rings. The van der Waals surface area contributed by atoms with E-state index in [9.17, 15) is 27.6 Å². The van der Waals surface area contributed by atoms with Crippen molar-refractivity contribution in [3.8, 4) is 5.88 Å². The highest BCUT2D eigenvalue weighted by molar-refractivity contribution is 6.04. The molecular weight excluding hydrogens is 405 g/mol. The lowest BCUT2D eigenvalue weighted by molar-refractivity contribution is -0.172. The number of primary amides is 1. The maximum atomic E-state index is 12.8. The van der Waals surface area contributed by atoms with Gasteiger partial charge in [-0.3, -0.25) is 14.5 Å². The van der Waals surface area contributed by atoms with Gasteiger partial charge in [0.25, 0.3) is 11.8 Å². The molecule has 2 fully saturated rings. The first-order chi connectivity index (χ1) is 14.1. The Balaban J connectivity index is 1.58. The molecule has 0 unspecified atom stereocenters. The summed E-state index contributed by atoms with van der Waals surface area (Å²) in [5.41, 5.74) is 5.47. The van der Waals surface area contributed by atoms with Crippen molar-refractivity contribution in [3.05, 3.63) is 23.9 Å². The Morgan fingerprint density at radius 2 is 2.00 bits per heavy atom. The molecule has 3 rings (SSSR count). The number of hydrogen-bond acceptors (Lipinski definition) is 5. The van der Waals surface area contributed by atoms with Crippen LogP contribution >= 0.6 is 0 Å². The van der Waals surface area contributed by atoms with Crippen molar-refractivity contribution < 1.29 is 32.3 Å². The minimum atomic E-state index is -4.43. The number of imide groups is 1. The Kier molecular flexibility index (Phi) is 6.18. The van der Waals surface area contributed by atoms with Crippen LogP contribution in [0, 0.1) is 5.92 Å². The molecule has 0 aromatic carbocycles. The molecule has 2 atom stereocenters. The van der Waals surface area contributed by atoms with Crippen LogP contribution in [-0.4, -0.2) is 52.1 Å². The summed E-state index contributed by atoms with van der Waals surface area (Å²) in [5, 5.41) is 2.37. The van der Waals surface area contributed by atoms with Crippen LogP contribution in [0.3, 0.4) is 0 Å². The highest BCUT2D eigenvalue weighted by Crippen LogP contribution is 2.33. The van der Waals surface area contributed by atoms with Crippen LogP contribution in [0.4, 0.5) is 18.0 Å². The number of nitrogens with zero attached hydrogens (tertiary/aromatic N) is 2. The molecule has 1 aliphatic carbocycles. The van der Waals surface area contributed by atoms with Crippen molar-refractivity contribution in [2.24, 2.45) is 11.7 Å². The van der Waals surface area contributed by atoms with Crippen molar-refractivity contribution in [3.63, 3.8) is 0 Å². The number of aromatic nitrogens is 1. The number of amides is 4. The molecule has 3 N–H and O–H groups in total. The van der Waals surface area contributed by atoms with Crippen LogP contribution in [0.1, 0.15) is 49.4 Å². The number of carbonyl (C=O) groups is 3. The third kappa shape index (κ3) is 4.65. The predicted octanol–water partition coefficient (Wildman–Crippen LogP) is 2.38. The number of urea groups is 1. The summed E-state index contributed by atoms with van der Waals surface area (Å²) in [6.07, 6.45) is -1.88. The lowest BCUT2D eigenvalue weighted by atomic mass is 9.91. The van der Waals surface area contributed by atoms with Gasteiger partial charge in [-0.05, 0) is 44.2 Å². The third-order valence-corrected chi connectivity index (χ3v) is 5.52. The molecule has 11 heteroatoms. The van der Waals surface area contributed by atoms with E-state index in [1.165, 1.54) is 12.3 Å². The van der Waals surface area contributed by atoms with Gasteiger partial charge in [-0.25, -0.2) is 9.78 Å². The minimum Gasteiger partial charge on any atom is -0.474 e. The van der Waals surface area contributed by atoms with Gasteiger partial charge in [0, 0.05) is 12.2 Å². The smallest absolute Gasteiger partial charge is 0.391 e. The summed E-state index contributed by atoms with van der Waals surface area (Å²) in [4.78, 5) is 41.3. The molecular formula is C19H23F3N4O4. The van der Waals surface area contributed by atoms with Crippen molar-refractivity contribution in [1.82, 2.24) is 15.2 Å². The first-order valence-corrected chi connectivity index (χ1v) is 9.69. The van der Waals surface area contributed by atoms with Gasteiger partial charge in [-0.1, -0.05) is 6.92 Å². The zero-order valence-electron chi connectivity index (χ0n) is 16.3. The number of hydrogen-bond donors (Lipinski definition) is 2. The van der Waals surface area contributed by atoms with E-state index in [2.05, 4.69) is 10.3 Å². The van der Waals surface area contributed by atoms with Crippen LogP contribution in [0.25, 0.3) is 0 Å². The second-order valence-electron chi connectivity index (χ2n) is 7.66. The Bertz CT molecular complexity index is 824. The van der Waals surface area contributed by atoms with Gasteiger partial charge >= 0.3 is 12.2 Å². The number of ether oxygens (including phenoxy) is 1. The molecule has 164 valence electrons. The lowest BCUT2D eigenvalue weighted by Gasteiger charge is -2.33. The highest BCUT2D eigenvalue weighted by atomic mass is 19.4. The molecule has 1 saturated carbocycles. The minimum absolute atomic E-state index is 0.129. The van der Waals surface area contributed by atoms with E-state index >= 15 is 0 Å². The average molecular weight is 428 g/mol. The van der Waals surface area contributed by atoms with Gasteiger partial charge in [-0.15, -0.1) is 0 Å². The molecule has 4 amide bonds. The molecule has 0 bridgehead atoms. The molecule has 8 nitrogen and oxygen atoms in total. The second kappa shape index (κ2) is 8.49. The number of alkyl halides is 3. The number of rotatable bonds is 6. The molecule has 1 aromatic heterocycles. The first-order valence-electron chi connectivity index (χ1n) is 9.69. The number of nitrogens with one attached hydrogen (secondary N) is 1. The van der Waals surface area contributed by atoms with Gasteiger partial charge in [0.15, 0.2) is 0 Å². The lowest BCUT2D eigenvalue weighted by Crippen LogP contribution is -2.44. The maximum Gasteiger partial charge on any atom is 0.391 e. The first kappa shape index (κ1) is 21.8. The third-order valence-electron chi connectivity index (χ3n) is 5.52. The summed E-state index contributed by atoms with van der Waals surface area (Å²) in [5.74, 6) is -2.86. The summed E-state index contributed by atoms with van der Waals surface area (Å²) in [6, 6.07) is 0.825. The summed E-state index contributed by atoms with van der Waals surface area (Å²) < 4.78 is 44.2. The van der Waals surface area contributed by atoms with Crippen molar-refractivity contribution >= 4 is 17.8 Å². The zero-order valence-corrected chi connectivity index (χ0v) is 16.3. The van der Waals surface area contributed by atoms with Gasteiger partial charge in [0.2, 0.25) is 5.88 Å². The van der Waals surface area contributed by atoms with E-state index in [4.69, 9.17) is 10.5 Å². The van der Waals surface area contributed by atoms with Crippen LogP contribution < -0.4 is 15.8 Å². The van der Waals surface area contributed by atoms with Crippen LogP contribution in [0.2, 0.25) is 0 Å². The van der Waals surface area contributed by atoms with Gasteiger partial charge in [-0.2, -0.15) is 13.2 Å². The Morgan fingerprint density at radius 3 is 2.60 bits per heavy atom. The topological polar surface area (TPSA) is 115 Å². The Hall–Kier alpha value is -2.85. The fourth-order valence-electron chi connectivity index (χ4n) is 3.79. The summed E-state index contributed by atoms with van der Waals surface area (Å²) >= 11 is 0. The number of halogens is 3. The van der Waals surface area contributed by atoms with E-state index in [1.54, 1.807) is 6.07 Å². The van der Waals surface area contributed by atoms with Crippen molar-refractivity contribution in [2.75, 3.05) is 0 Å². The Labute approximate surface area is 170 Å². The number of nitrogens with two attached hydrogens (primary N) is 1. The van der Waals surface area contributed by atoms with E-state index < -0.39 is 48.4 Å². The summed E-state index contributed by atoms with van der Waals surface area (Å²) in [6.45, 7) is 0.989. The van der Waals surface area contributed by atoms with Crippen LogP contribution in [0.5, 0.6) is 5.88 Å². The zero-order chi connectivity index (χ0) is 22.1. The largest absolute Gasteiger partial charge is 0.474 e. The van der Waals surface area contributed by atoms with Crippen LogP contribution in [-0.2, 0) is 4.79 Å². The van der Waals surface area contributed by atoms with Crippen LogP contribution in [0.15, 0.2) is 18.3 Å². The maximum absolute atomic E-state index is 12.8. The van der Waals surface area contributed by atoms with E-state index in [-0.39, 0.29) is 17.5 Å². The molecule has 1 saturated heterocycles. The van der Waals surface area contributed by atoms with Crippen molar-refractivity contribution in [1.29, 1.82) is 0 Å². The molecule has 1 aromatic rings. The SMILES string of the molecule is C[C@H](C[C@@H]1NC(=O)N([C@H]2CC[C@H](Oc3ncccc3C(N)=O)CC2)C1=O)C(F)(F)F.